The highest BCUT2D eigenvalue weighted by Crippen LogP contribution is 2.26. The van der Waals surface area contributed by atoms with E-state index in [9.17, 15) is 19.8 Å². The fourth-order valence-corrected chi connectivity index (χ4v) is 4.89. The summed E-state index contributed by atoms with van der Waals surface area (Å²) >= 11 is 0. The Hall–Kier alpha value is -3.68. The van der Waals surface area contributed by atoms with Crippen molar-refractivity contribution in [1.29, 1.82) is 0 Å². The van der Waals surface area contributed by atoms with Gasteiger partial charge in [0.05, 0.1) is 12.0 Å². The highest BCUT2D eigenvalue weighted by molar-refractivity contribution is 5.75. The molecule has 0 saturated heterocycles. The molecule has 0 aliphatic rings. The third-order valence-corrected chi connectivity index (χ3v) is 8.47. The quantitative estimate of drug-likeness (QED) is 0.0394. The normalized spacial score (nSPS) is 14.3. The van der Waals surface area contributed by atoms with E-state index >= 15 is 0 Å². The maximum absolute atomic E-state index is 12.6. The maximum Gasteiger partial charge on any atom is 0.407 e. The second-order valence-corrected chi connectivity index (χ2v) is 17.0. The van der Waals surface area contributed by atoms with E-state index in [1.165, 1.54) is 11.1 Å². The lowest BCUT2D eigenvalue weighted by atomic mass is 9.87. The molecule has 4 atom stereocenters. The van der Waals surface area contributed by atoms with Crippen LogP contribution in [0.5, 0.6) is 11.5 Å². The van der Waals surface area contributed by atoms with E-state index in [0.717, 1.165) is 25.7 Å². The van der Waals surface area contributed by atoms with Gasteiger partial charge in [-0.25, -0.2) is 4.79 Å². The van der Waals surface area contributed by atoms with Crippen LogP contribution in [0, 0.1) is 5.41 Å². The predicted molar refractivity (Wildman–Crippen MR) is 214 cm³/mol. The summed E-state index contributed by atoms with van der Waals surface area (Å²) in [7, 11) is 0. The van der Waals surface area contributed by atoms with Crippen molar-refractivity contribution in [3.05, 3.63) is 71.8 Å². The van der Waals surface area contributed by atoms with Crippen LogP contribution in [0.1, 0.15) is 106 Å². The lowest BCUT2D eigenvalue weighted by Crippen LogP contribution is -2.40. The Labute approximate surface area is 329 Å². The molecule has 0 aromatic heterocycles. The third kappa shape index (κ3) is 19.7. The van der Waals surface area contributed by atoms with Gasteiger partial charge in [0.2, 0.25) is 6.41 Å². The van der Waals surface area contributed by atoms with Crippen molar-refractivity contribution >= 4 is 12.1 Å². The summed E-state index contributed by atoms with van der Waals surface area (Å²) in [6.45, 7) is 24.3. The monoisotopic (exact) mass is 772 g/mol. The average Bonchev–Trinajstić information content (AvgIpc) is 3.10. The second kappa shape index (κ2) is 22.8. The van der Waals surface area contributed by atoms with E-state index in [4.69, 9.17) is 28.4 Å². The SMILES string of the molecule is C=C(C)C(O)OCC(COc1ccc(C(C)(C)C)cc1)OC(=O)NCCCCCCNC(O)OC(COC(=O)C(C)(C)C)COc1ccc(C(C)(C)C)cc1. The fraction of sp³-hybridized carbons (Fsp3) is 0.628. The van der Waals surface area contributed by atoms with Crippen molar-refractivity contribution in [3.63, 3.8) is 0 Å². The number of carbonyl (C=O) groups is 2. The molecule has 0 aliphatic carbocycles. The van der Waals surface area contributed by atoms with Crippen molar-refractivity contribution in [2.24, 2.45) is 5.41 Å². The zero-order chi connectivity index (χ0) is 41.2. The molecule has 4 N–H and O–H groups in total. The molecule has 2 rings (SSSR count). The number of hydrogen-bond acceptors (Lipinski definition) is 11. The minimum atomic E-state index is -1.29. The molecule has 4 unspecified atom stereocenters. The van der Waals surface area contributed by atoms with Crippen LogP contribution in [-0.4, -0.2) is 86.7 Å². The largest absolute Gasteiger partial charge is 0.491 e. The van der Waals surface area contributed by atoms with Crippen LogP contribution in [0.2, 0.25) is 0 Å². The minimum Gasteiger partial charge on any atom is -0.491 e. The summed E-state index contributed by atoms with van der Waals surface area (Å²) in [6.07, 6.45) is -1.42. The zero-order valence-electron chi connectivity index (χ0n) is 34.9. The molecule has 2 aromatic rings. The number of esters is 1. The van der Waals surface area contributed by atoms with Gasteiger partial charge in [0.25, 0.3) is 0 Å². The molecule has 0 bridgehead atoms. The first-order valence-electron chi connectivity index (χ1n) is 19.3. The Bertz CT molecular complexity index is 1430. The van der Waals surface area contributed by atoms with Gasteiger partial charge in [-0.15, -0.1) is 0 Å². The molecule has 55 heavy (non-hydrogen) atoms. The number of hydrogen-bond donors (Lipinski definition) is 4. The molecule has 0 radical (unpaired) electrons. The van der Waals surface area contributed by atoms with Gasteiger partial charge in [-0.1, -0.05) is 85.2 Å². The smallest absolute Gasteiger partial charge is 0.407 e. The summed E-state index contributed by atoms with van der Waals surface area (Å²) in [5.74, 6) is 0.900. The summed E-state index contributed by atoms with van der Waals surface area (Å²) in [4.78, 5) is 25.0. The predicted octanol–water partition coefficient (Wildman–Crippen LogP) is 7.15. The summed E-state index contributed by atoms with van der Waals surface area (Å²) in [5.41, 5.74) is 2.13. The standard InChI is InChI=1S/C43H68N2O10/c1-30(2)37(46)52-28-35(26-50-33-20-16-31(17-21-33)41(3,4)5)54-39(48)44-24-14-12-13-15-25-45-40(49)55-36(29-53-38(47)43(9,10)11)27-51-34-22-18-32(19-23-34)42(6,7)8/h16-23,35-37,40,45-46,49H,1,12-15,24-29H2,2-11H3,(H,44,48). The average molecular weight is 773 g/mol. The lowest BCUT2D eigenvalue weighted by molar-refractivity contribution is -0.184. The van der Waals surface area contributed by atoms with Gasteiger partial charge in [0.1, 0.15) is 37.4 Å². The van der Waals surface area contributed by atoms with Gasteiger partial charge in [-0.05, 0) is 98.9 Å². The van der Waals surface area contributed by atoms with Gasteiger partial charge in [0.15, 0.2) is 12.4 Å². The highest BCUT2D eigenvalue weighted by Gasteiger charge is 2.26. The van der Waals surface area contributed by atoms with Gasteiger partial charge in [0, 0.05) is 6.54 Å². The molecular formula is C43H68N2O10. The number of amides is 1. The molecule has 310 valence electrons. The number of alkyl carbamates (subject to hydrolysis) is 1. The van der Waals surface area contributed by atoms with E-state index in [1.54, 1.807) is 27.7 Å². The van der Waals surface area contributed by atoms with Crippen LogP contribution in [0.25, 0.3) is 0 Å². The van der Waals surface area contributed by atoms with Crippen LogP contribution in [0.15, 0.2) is 60.7 Å². The molecule has 0 spiro atoms. The van der Waals surface area contributed by atoms with Gasteiger partial charge in [-0.2, -0.15) is 0 Å². The van der Waals surface area contributed by atoms with Gasteiger partial charge >= 0.3 is 12.1 Å². The molecule has 12 nitrogen and oxygen atoms in total. The van der Waals surface area contributed by atoms with E-state index in [-0.39, 0.29) is 43.2 Å². The molecule has 0 fully saturated rings. The van der Waals surface area contributed by atoms with Gasteiger partial charge in [-0.3, -0.25) is 10.1 Å². The first kappa shape index (κ1) is 47.5. The van der Waals surface area contributed by atoms with Crippen LogP contribution < -0.4 is 20.1 Å². The Morgan fingerprint density at radius 3 is 1.65 bits per heavy atom. The molecule has 12 heteroatoms. The number of unbranched alkanes of at least 4 members (excludes halogenated alkanes) is 3. The summed E-state index contributed by atoms with van der Waals surface area (Å²) in [6, 6.07) is 15.6. The van der Waals surface area contributed by atoms with Crippen LogP contribution in [0.3, 0.4) is 0 Å². The number of aliphatic hydroxyl groups is 2. The molecule has 1 amide bonds. The number of ether oxygens (including phenoxy) is 6. The van der Waals surface area contributed by atoms with Gasteiger partial charge < -0.3 is 44.0 Å². The van der Waals surface area contributed by atoms with Crippen molar-refractivity contribution in [1.82, 2.24) is 10.6 Å². The third-order valence-electron chi connectivity index (χ3n) is 8.47. The number of aliphatic hydroxyl groups excluding tert-OH is 2. The van der Waals surface area contributed by atoms with Crippen molar-refractivity contribution in [2.45, 2.75) is 131 Å². The van der Waals surface area contributed by atoms with E-state index < -0.39 is 36.4 Å². The Morgan fingerprint density at radius 2 is 1.18 bits per heavy atom. The number of nitrogens with one attached hydrogen (secondary N) is 2. The highest BCUT2D eigenvalue weighted by atomic mass is 16.7. The molecule has 2 aromatic carbocycles. The van der Waals surface area contributed by atoms with Crippen LogP contribution in [-0.2, 0) is 34.6 Å². The minimum absolute atomic E-state index is 0.0100. The summed E-state index contributed by atoms with van der Waals surface area (Å²) in [5, 5.41) is 26.3. The Kier molecular flexibility index (Phi) is 19.7. The Balaban J connectivity index is 1.74. The zero-order valence-corrected chi connectivity index (χ0v) is 34.9. The van der Waals surface area contributed by atoms with Crippen molar-refractivity contribution in [3.8, 4) is 11.5 Å². The van der Waals surface area contributed by atoms with Crippen molar-refractivity contribution in [2.75, 3.05) is 39.5 Å². The molecule has 0 aliphatic heterocycles. The molecule has 0 heterocycles. The maximum atomic E-state index is 12.6. The molecular weight excluding hydrogens is 704 g/mol. The lowest BCUT2D eigenvalue weighted by Gasteiger charge is -2.24. The molecule has 0 saturated carbocycles. The van der Waals surface area contributed by atoms with E-state index in [2.05, 4.69) is 58.8 Å². The first-order valence-corrected chi connectivity index (χ1v) is 19.3. The number of benzene rings is 2. The van der Waals surface area contributed by atoms with Crippen molar-refractivity contribution < 1.29 is 48.2 Å². The van der Waals surface area contributed by atoms with E-state index in [1.807, 2.05) is 48.5 Å². The van der Waals surface area contributed by atoms with E-state index in [0.29, 0.717) is 30.2 Å². The number of carbonyl (C=O) groups excluding carboxylic acids is 2. The topological polar surface area (TPSA) is 154 Å². The summed E-state index contributed by atoms with van der Waals surface area (Å²) < 4.78 is 34.0. The Morgan fingerprint density at radius 1 is 0.691 bits per heavy atom. The second-order valence-electron chi connectivity index (χ2n) is 17.0. The van der Waals surface area contributed by atoms with Crippen LogP contribution in [0.4, 0.5) is 4.79 Å². The first-order chi connectivity index (χ1) is 25.6. The number of rotatable bonds is 23. The fourth-order valence-electron chi connectivity index (χ4n) is 4.89. The van der Waals surface area contributed by atoms with Crippen LogP contribution >= 0.6 is 0 Å².